The van der Waals surface area contributed by atoms with Crippen molar-refractivity contribution in [1.29, 1.82) is 0 Å². The number of nitrogens with zero attached hydrogens (tertiary/aromatic N) is 4. The van der Waals surface area contributed by atoms with E-state index in [0.717, 1.165) is 119 Å². The van der Waals surface area contributed by atoms with Gasteiger partial charge in [-0.3, -0.25) is 4.79 Å². The number of aromatic nitrogens is 2. The minimum Gasteiger partial charge on any atom is -0.457 e. The molecule has 0 bridgehead atoms. The molecule has 13 nitrogen and oxygen atoms in total. The van der Waals surface area contributed by atoms with E-state index in [0.29, 0.717) is 116 Å². The molecule has 0 fully saturated rings. The number of fused-ring (bicyclic) bond motifs is 14. The van der Waals surface area contributed by atoms with Crippen LogP contribution in [0.4, 0.5) is 47.3 Å². The first-order chi connectivity index (χ1) is 70.5. The zero-order chi connectivity index (χ0) is 108. The fourth-order valence-electron chi connectivity index (χ4n) is 18.8. The van der Waals surface area contributed by atoms with E-state index < -0.39 is 12.7 Å². The van der Waals surface area contributed by atoms with Crippen LogP contribution in [-0.2, 0) is 5.41 Å². The fraction of sp³-hybridized carbons (Fsp3) is 0.361. The molecule has 7 heterocycles. The summed E-state index contributed by atoms with van der Waals surface area (Å²) in [4.78, 5) is 25.7. The Bertz CT molecular complexity index is 7300. The number of rotatable bonds is 15. The molecule has 0 saturated carbocycles. The van der Waals surface area contributed by atoms with Gasteiger partial charge in [-0.1, -0.05) is 305 Å². The molecule has 0 aliphatic carbocycles. The second-order valence-electron chi connectivity index (χ2n) is 45.3. The number of alkyl halides is 3. The van der Waals surface area contributed by atoms with Gasteiger partial charge in [-0.25, -0.2) is 9.97 Å². The van der Waals surface area contributed by atoms with E-state index in [4.69, 9.17) is 42.8 Å². The van der Waals surface area contributed by atoms with Gasteiger partial charge in [0.15, 0.2) is 57.5 Å². The summed E-state index contributed by atoms with van der Waals surface area (Å²) in [6.07, 6.45) is -4.31. The smallest absolute Gasteiger partial charge is 0.406 e. The lowest BCUT2D eigenvalue weighted by atomic mass is 9.74. The van der Waals surface area contributed by atoms with E-state index in [1.165, 1.54) is 77.2 Å². The number of hydrogen-bond donors (Lipinski definition) is 1. The monoisotopic (exact) mass is 2000 g/mol. The largest absolute Gasteiger partial charge is 0.457 e. The highest BCUT2D eigenvalue weighted by atomic mass is 19.4. The van der Waals surface area contributed by atoms with Crippen LogP contribution < -0.4 is 49.0 Å². The zero-order valence-electron chi connectivity index (χ0n) is 93.2. The van der Waals surface area contributed by atoms with E-state index in [1.807, 2.05) is 94.4 Å². The predicted molar refractivity (Wildman–Crippen MR) is 616 cm³/mol. The van der Waals surface area contributed by atoms with Crippen molar-refractivity contribution in [2.75, 3.05) is 28.7 Å². The predicted octanol–water partition coefficient (Wildman–Crippen LogP) is 40.7. The van der Waals surface area contributed by atoms with Gasteiger partial charge in [0.1, 0.15) is 29.2 Å². The van der Waals surface area contributed by atoms with E-state index in [2.05, 4.69) is 367 Å². The molecule has 16 heteroatoms. The van der Waals surface area contributed by atoms with Gasteiger partial charge in [-0.05, 0) is 318 Å². The van der Waals surface area contributed by atoms with Crippen LogP contribution in [0.5, 0.6) is 69.0 Å². The molecular formula is C133H152F3N5O8. The standard InChI is InChI=1S/C21H26O.C20H22F3NO.C19H23NO.C19H20O2.C18H20N2.C18H21NO.C18H20O2/c1-13(2)15-8-10-19-18(11-15)21(5,6)17-9-7-16(14(3)4)12-20(17)22-19;1-12(2)14-6-8-18-17(9-14)24(11-20(21,22)23)16-7-5-15(13(3)4)10-19(16)25-18;1-12(2)14-7-9-18-17(10-14)20(5)16-8-6-15(13(3)4)11-19(16)21-18;1-11(2)13-6-8-17-16(9-13)19(20)15-7-5-14(12(3)4)10-18(15)21-17;1-11(2)13-5-7-15-17(9-13)19-16-8-6-14(12(3)4)10-18(16)20-15;1-11(2)13-6-8-17-16(9-13)19-15-7-5-14(12(3)4)10-18(15)20-17;1-11(2)13-5-7-15-17(9-13)19-16-8-6-14(12(3)4)10-18(16)20-15/h7-14H,1-6H3;5-10,12-13H,11H2,1-4H3;6-13H,1-5H3;5-12H,1-4H3;5-12H,1-4H3;5-12,19H,1-4H3;5-12H,1-4H3. The maximum atomic E-state index is 13.2. The molecule has 2 aromatic heterocycles. The van der Waals surface area contributed by atoms with Gasteiger partial charge in [0, 0.05) is 23.6 Å². The first-order valence-corrected chi connectivity index (χ1v) is 53.6. The minimum absolute atomic E-state index is 0.0245. The van der Waals surface area contributed by atoms with Gasteiger partial charge in [-0.15, -0.1) is 0 Å². The van der Waals surface area contributed by atoms with Gasteiger partial charge < -0.3 is 48.0 Å². The summed E-state index contributed by atoms with van der Waals surface area (Å²) < 4.78 is 81.9. The molecule has 5 aliphatic rings. The molecule has 149 heavy (non-hydrogen) atoms. The topological polar surface area (TPSA) is 130 Å². The Morgan fingerprint density at radius 1 is 0.262 bits per heavy atom. The molecule has 21 rings (SSSR count). The Balaban J connectivity index is 0.000000130. The highest BCUT2D eigenvalue weighted by molar-refractivity contribution is 5.91. The summed E-state index contributed by atoms with van der Waals surface area (Å²) >= 11 is 0. The van der Waals surface area contributed by atoms with Gasteiger partial charge in [0.25, 0.3) is 0 Å². The average Bonchev–Trinajstić information content (AvgIpc) is 0.753. The van der Waals surface area contributed by atoms with Crippen LogP contribution in [0, 0.1) is 0 Å². The van der Waals surface area contributed by atoms with Crippen molar-refractivity contribution in [2.24, 2.45) is 0 Å². The van der Waals surface area contributed by atoms with Crippen molar-refractivity contribution in [3.05, 3.63) is 354 Å². The molecular weight excluding hydrogens is 1850 g/mol. The van der Waals surface area contributed by atoms with Crippen LogP contribution in [0.3, 0.4) is 0 Å². The van der Waals surface area contributed by atoms with Crippen LogP contribution in [0.25, 0.3) is 44.0 Å². The molecule has 0 atom stereocenters. The van der Waals surface area contributed by atoms with Gasteiger partial charge in [-0.2, -0.15) is 13.2 Å². The Kier molecular flexibility index (Phi) is 33.5. The van der Waals surface area contributed by atoms with Crippen LogP contribution in [0.2, 0.25) is 0 Å². The lowest BCUT2D eigenvalue weighted by Gasteiger charge is -2.35. The number of anilines is 6. The molecule has 0 unspecified atom stereocenters. The fourth-order valence-corrected chi connectivity index (χ4v) is 18.8. The Hall–Kier alpha value is -13.9. The Morgan fingerprint density at radius 2 is 0.591 bits per heavy atom. The molecule has 0 spiro atoms. The normalized spacial score (nSPS) is 13.1. The van der Waals surface area contributed by atoms with E-state index >= 15 is 0 Å². The van der Waals surface area contributed by atoms with E-state index in [-0.39, 0.29) is 22.7 Å². The third-order valence-electron chi connectivity index (χ3n) is 29.0. The van der Waals surface area contributed by atoms with Crippen molar-refractivity contribution in [3.8, 4) is 69.0 Å². The quantitative estimate of drug-likeness (QED) is 0.0979. The van der Waals surface area contributed by atoms with E-state index in [1.54, 1.807) is 18.2 Å². The van der Waals surface area contributed by atoms with Gasteiger partial charge >= 0.3 is 6.18 Å². The second-order valence-corrected chi connectivity index (χ2v) is 45.3. The highest BCUT2D eigenvalue weighted by Gasteiger charge is 2.39. The highest BCUT2D eigenvalue weighted by Crippen LogP contribution is 2.55. The number of ether oxygens (including phenoxy) is 6. The summed E-state index contributed by atoms with van der Waals surface area (Å²) in [5.74, 6) is 16.3. The molecule has 0 radical (unpaired) electrons. The number of hydrogen-bond acceptors (Lipinski definition) is 13. The maximum absolute atomic E-state index is 13.2. The SMILES string of the molecule is CC(C)c1ccc2c(=O)c3cc(C(C)C)ccc3oc2c1.CC(C)c1ccc2c(c1)Nc1ccc(C(C)C)cc1O2.CC(C)c1ccc2c(c1)Oc1ccc(C(C)C)cc1C2(C)C.CC(C)c1ccc2c(c1)Oc1ccc(C(C)C)cc1N2C.CC(C)c1ccc2c(c1)Oc1ccc(C(C)C)cc1N2CC(F)(F)F.CC(C)c1ccc2c(c1)Oc1ccc(C(C)C)cc1O2.CC(C)c1ccc2nc3cc(C(C)C)ccc3nc2c1. The summed E-state index contributed by atoms with van der Waals surface area (Å²) in [6.45, 7) is 64.2. The molecule has 16 aromatic rings. The lowest BCUT2D eigenvalue weighted by molar-refractivity contribution is -0.118. The summed E-state index contributed by atoms with van der Waals surface area (Å²) in [7, 11) is 2.11. The molecule has 0 amide bonds. The molecule has 1 N–H and O–H groups in total. The summed E-state index contributed by atoms with van der Waals surface area (Å²) in [5, 5.41) is 4.81. The van der Waals surface area contributed by atoms with Crippen LogP contribution in [0.15, 0.2) is 264 Å². The van der Waals surface area contributed by atoms with Crippen molar-refractivity contribution >= 4 is 78.1 Å². The van der Waals surface area contributed by atoms with Crippen LogP contribution in [0.1, 0.15) is 380 Å². The molecule has 14 aromatic carbocycles. The second kappa shape index (κ2) is 45.7. The van der Waals surface area contributed by atoms with Gasteiger partial charge in [0.05, 0.1) is 67.0 Å². The lowest BCUT2D eigenvalue weighted by Crippen LogP contribution is -2.32. The first-order valence-electron chi connectivity index (χ1n) is 53.6. The zero-order valence-corrected chi connectivity index (χ0v) is 93.2. The van der Waals surface area contributed by atoms with Crippen LogP contribution >= 0.6 is 0 Å². The number of halogens is 3. The van der Waals surface area contributed by atoms with E-state index in [9.17, 15) is 18.0 Å². The summed E-state index contributed by atoms with van der Waals surface area (Å²) in [6, 6.07) is 86.9. The third-order valence-corrected chi connectivity index (χ3v) is 29.0. The average molecular weight is 2010 g/mol. The van der Waals surface area contributed by atoms with Gasteiger partial charge in [0.2, 0.25) is 5.43 Å². The number of benzene rings is 14. The minimum atomic E-state index is -4.31. The van der Waals surface area contributed by atoms with Crippen molar-refractivity contribution in [2.45, 2.75) is 302 Å². The summed E-state index contributed by atoms with van der Waals surface area (Å²) in [5.41, 5.74) is 30.6. The molecule has 5 aliphatic heterocycles. The number of nitrogens with one attached hydrogen (secondary N) is 1. The third kappa shape index (κ3) is 25.2. The molecule has 778 valence electrons. The van der Waals surface area contributed by atoms with Crippen molar-refractivity contribution in [3.63, 3.8) is 0 Å². The first kappa shape index (κ1) is 109. The van der Waals surface area contributed by atoms with Crippen LogP contribution in [-0.4, -0.2) is 29.7 Å². The van der Waals surface area contributed by atoms with Crippen molar-refractivity contribution < 1.29 is 46.0 Å². The van der Waals surface area contributed by atoms with Crippen molar-refractivity contribution in [1.82, 2.24) is 9.97 Å². The Morgan fingerprint density at radius 3 is 1.07 bits per heavy atom. The Labute approximate surface area is 882 Å². The maximum Gasteiger partial charge on any atom is 0.406 e. The molecule has 0 saturated heterocycles.